The predicted octanol–water partition coefficient (Wildman–Crippen LogP) is 3.54. The molecule has 3 rings (SSSR count). The van der Waals surface area contributed by atoms with Crippen LogP contribution in [-0.4, -0.2) is 34.4 Å². The molecule has 0 saturated heterocycles. The molecule has 7 nitrogen and oxygen atoms in total. The van der Waals surface area contributed by atoms with E-state index in [0.29, 0.717) is 25.6 Å². The van der Waals surface area contributed by atoms with Crippen molar-refractivity contribution in [3.63, 3.8) is 0 Å². The average molecular weight is 538 g/mol. The lowest BCUT2D eigenvalue weighted by atomic mass is 10.2. The van der Waals surface area contributed by atoms with Crippen LogP contribution in [-0.2, 0) is 26.1 Å². The largest absolute Gasteiger partial charge is 0.497 e. The van der Waals surface area contributed by atoms with Crippen molar-refractivity contribution in [2.24, 2.45) is 4.99 Å². The van der Waals surface area contributed by atoms with Crippen LogP contribution < -0.4 is 15.4 Å². The van der Waals surface area contributed by atoms with E-state index in [-0.39, 0.29) is 29.8 Å². The highest BCUT2D eigenvalue weighted by molar-refractivity contribution is 14.0. The first kappa shape index (κ1) is 24.6. The number of methoxy groups -OCH3 is 1. The third-order valence-electron chi connectivity index (χ3n) is 4.61. The molecule has 0 amide bonds. The monoisotopic (exact) mass is 538 g/mol. The van der Waals surface area contributed by atoms with E-state index >= 15 is 0 Å². The number of aryl methyl sites for hydroxylation is 1. The van der Waals surface area contributed by atoms with E-state index in [1.165, 1.54) is 12.1 Å². The van der Waals surface area contributed by atoms with Gasteiger partial charge in [0.25, 0.3) is 0 Å². The van der Waals surface area contributed by atoms with Crippen molar-refractivity contribution in [3.8, 4) is 5.75 Å². The number of nitrogens with one attached hydrogen (secondary N) is 2. The Hall–Kier alpha value is -2.69. The fourth-order valence-electron chi connectivity index (χ4n) is 2.90. The Bertz CT molecular complexity index is 943. The summed E-state index contributed by atoms with van der Waals surface area (Å²) in [5.41, 5.74) is 2.05. The van der Waals surface area contributed by atoms with Crippen molar-refractivity contribution in [2.45, 2.75) is 33.0 Å². The van der Waals surface area contributed by atoms with Gasteiger partial charge in [-0.1, -0.05) is 31.2 Å². The van der Waals surface area contributed by atoms with Gasteiger partial charge in [0.2, 0.25) is 0 Å². The van der Waals surface area contributed by atoms with Gasteiger partial charge in [0, 0.05) is 26.1 Å². The maximum Gasteiger partial charge on any atom is 0.191 e. The summed E-state index contributed by atoms with van der Waals surface area (Å²) >= 11 is 0. The summed E-state index contributed by atoms with van der Waals surface area (Å²) in [4.78, 5) is 4.68. The first-order chi connectivity index (χ1) is 14.7. The lowest BCUT2D eigenvalue weighted by Gasteiger charge is -2.14. The molecule has 31 heavy (non-hydrogen) atoms. The highest BCUT2D eigenvalue weighted by Crippen LogP contribution is 2.12. The van der Waals surface area contributed by atoms with Gasteiger partial charge >= 0.3 is 0 Å². The van der Waals surface area contributed by atoms with Crippen LogP contribution in [0.2, 0.25) is 0 Å². The summed E-state index contributed by atoms with van der Waals surface area (Å²) in [7, 11) is 1.65. The van der Waals surface area contributed by atoms with Crippen molar-refractivity contribution in [2.75, 3.05) is 13.7 Å². The van der Waals surface area contributed by atoms with Gasteiger partial charge in [-0.2, -0.15) is 0 Å². The van der Waals surface area contributed by atoms with Gasteiger partial charge in [0.05, 0.1) is 13.7 Å². The van der Waals surface area contributed by atoms with E-state index in [0.717, 1.165) is 35.7 Å². The number of guanidine groups is 1. The zero-order chi connectivity index (χ0) is 21.2. The molecule has 166 valence electrons. The molecule has 0 spiro atoms. The van der Waals surface area contributed by atoms with Crippen molar-refractivity contribution >= 4 is 29.9 Å². The molecule has 0 bridgehead atoms. The van der Waals surface area contributed by atoms with E-state index < -0.39 is 0 Å². The van der Waals surface area contributed by atoms with Crippen molar-refractivity contribution < 1.29 is 9.13 Å². The molecule has 0 atom stereocenters. The highest BCUT2D eigenvalue weighted by atomic mass is 127. The number of aliphatic imine (C=N–C) groups is 1. The maximum absolute atomic E-state index is 13.1. The minimum atomic E-state index is -0.244. The summed E-state index contributed by atoms with van der Waals surface area (Å²) in [6.07, 6.45) is 2.57. The van der Waals surface area contributed by atoms with E-state index in [1.54, 1.807) is 25.6 Å². The zero-order valence-corrected chi connectivity index (χ0v) is 20.0. The van der Waals surface area contributed by atoms with Crippen LogP contribution in [0.15, 0.2) is 59.9 Å². The van der Waals surface area contributed by atoms with Crippen LogP contribution in [0.4, 0.5) is 4.39 Å². The van der Waals surface area contributed by atoms with E-state index in [4.69, 9.17) is 4.74 Å². The Morgan fingerprint density at radius 2 is 1.77 bits per heavy atom. The van der Waals surface area contributed by atoms with Gasteiger partial charge in [-0.25, -0.2) is 9.38 Å². The Kier molecular flexibility index (Phi) is 10.2. The van der Waals surface area contributed by atoms with Gasteiger partial charge in [0.1, 0.15) is 23.7 Å². The first-order valence-electron chi connectivity index (χ1n) is 9.94. The minimum Gasteiger partial charge on any atom is -0.497 e. The smallest absolute Gasteiger partial charge is 0.191 e. The van der Waals surface area contributed by atoms with Gasteiger partial charge in [-0.15, -0.1) is 34.2 Å². The quantitative estimate of drug-likeness (QED) is 0.248. The molecule has 0 fully saturated rings. The van der Waals surface area contributed by atoms with Crippen LogP contribution in [0.3, 0.4) is 0 Å². The summed E-state index contributed by atoms with van der Waals surface area (Å²) in [5, 5.41) is 14.7. The Morgan fingerprint density at radius 3 is 2.45 bits per heavy atom. The Balaban J connectivity index is 0.00000341. The molecular weight excluding hydrogens is 510 g/mol. The van der Waals surface area contributed by atoms with Gasteiger partial charge in [-0.05, 0) is 35.4 Å². The van der Waals surface area contributed by atoms with Gasteiger partial charge < -0.3 is 19.9 Å². The Labute approximate surface area is 199 Å². The first-order valence-corrected chi connectivity index (χ1v) is 9.94. The molecule has 0 saturated carbocycles. The van der Waals surface area contributed by atoms with Crippen LogP contribution in [0, 0.1) is 5.82 Å². The number of nitrogens with zero attached hydrogens (tertiary/aromatic N) is 4. The van der Waals surface area contributed by atoms with Crippen molar-refractivity contribution in [3.05, 3.63) is 77.6 Å². The SMILES string of the molecule is CCc1nncn1CCNC(=NCc1ccc(OC)cc1)NCc1ccc(F)cc1.I. The third-order valence-corrected chi connectivity index (χ3v) is 4.61. The van der Waals surface area contributed by atoms with Crippen LogP contribution in [0.5, 0.6) is 5.75 Å². The van der Waals surface area contributed by atoms with E-state index in [9.17, 15) is 4.39 Å². The minimum absolute atomic E-state index is 0. The average Bonchev–Trinajstić information content (AvgIpc) is 3.24. The number of hydrogen-bond acceptors (Lipinski definition) is 4. The highest BCUT2D eigenvalue weighted by Gasteiger charge is 2.04. The summed E-state index contributed by atoms with van der Waals surface area (Å²) < 4.78 is 20.4. The molecule has 1 aromatic heterocycles. The second-order valence-corrected chi connectivity index (χ2v) is 6.71. The molecule has 0 radical (unpaired) electrons. The number of rotatable bonds is 9. The molecule has 2 N–H and O–H groups in total. The fraction of sp³-hybridized carbons (Fsp3) is 0.318. The van der Waals surface area contributed by atoms with Crippen molar-refractivity contribution in [1.82, 2.24) is 25.4 Å². The standard InChI is InChI=1S/C22H27FN6O.HI/c1-3-21-28-27-16-29(21)13-12-24-22(25-14-17-4-8-19(23)9-5-17)26-15-18-6-10-20(30-2)11-7-18;/h4-11,16H,3,12-15H2,1-2H3,(H2,24,25,26);1H. The lowest BCUT2D eigenvalue weighted by molar-refractivity contribution is 0.414. The predicted molar refractivity (Wildman–Crippen MR) is 130 cm³/mol. The van der Waals surface area contributed by atoms with Gasteiger partial charge in [0.15, 0.2) is 5.96 Å². The summed E-state index contributed by atoms with van der Waals surface area (Å²) in [5.74, 6) is 2.20. The molecular formula is C22H28FIN6O. The molecule has 2 aromatic carbocycles. The van der Waals surface area contributed by atoms with E-state index in [1.807, 2.05) is 28.8 Å². The van der Waals surface area contributed by atoms with Gasteiger partial charge in [-0.3, -0.25) is 0 Å². The molecule has 0 aliphatic heterocycles. The number of benzene rings is 2. The lowest BCUT2D eigenvalue weighted by Crippen LogP contribution is -2.38. The summed E-state index contributed by atoms with van der Waals surface area (Å²) in [6.45, 7) is 4.52. The molecule has 0 aliphatic carbocycles. The van der Waals surface area contributed by atoms with Crippen LogP contribution in [0.25, 0.3) is 0 Å². The third kappa shape index (κ3) is 7.82. The fourth-order valence-corrected chi connectivity index (χ4v) is 2.90. The van der Waals surface area contributed by atoms with E-state index in [2.05, 4.69) is 32.7 Å². The topological polar surface area (TPSA) is 76.4 Å². The molecule has 3 aromatic rings. The number of ether oxygens (including phenoxy) is 1. The van der Waals surface area contributed by atoms with Crippen LogP contribution in [0.1, 0.15) is 23.9 Å². The second-order valence-electron chi connectivity index (χ2n) is 6.71. The normalized spacial score (nSPS) is 11.0. The zero-order valence-electron chi connectivity index (χ0n) is 17.7. The Morgan fingerprint density at radius 1 is 1.06 bits per heavy atom. The maximum atomic E-state index is 13.1. The molecule has 1 heterocycles. The molecule has 0 unspecified atom stereocenters. The second kappa shape index (κ2) is 12.9. The number of aromatic nitrogens is 3. The summed E-state index contributed by atoms with van der Waals surface area (Å²) in [6, 6.07) is 14.2. The molecule has 9 heteroatoms. The van der Waals surface area contributed by atoms with Crippen LogP contribution >= 0.6 is 24.0 Å². The van der Waals surface area contributed by atoms with Crippen molar-refractivity contribution in [1.29, 1.82) is 0 Å². The number of halogens is 2. The molecule has 0 aliphatic rings. The number of hydrogen-bond donors (Lipinski definition) is 2.